The molecule has 2 aromatic heterocycles. The second kappa shape index (κ2) is 7.06. The minimum atomic E-state index is -3.64. The van der Waals surface area contributed by atoms with Crippen LogP contribution < -0.4 is 5.56 Å². The first-order chi connectivity index (χ1) is 12.3. The van der Waals surface area contributed by atoms with Crippen LogP contribution in [0.2, 0.25) is 5.02 Å². The summed E-state index contributed by atoms with van der Waals surface area (Å²) in [7, 11) is -0.785. The van der Waals surface area contributed by atoms with Crippen molar-refractivity contribution in [3.05, 3.63) is 70.1 Å². The molecule has 0 bridgehead atoms. The molecule has 1 aromatic carbocycles. The number of sulfonamides is 1. The number of halogens is 1. The van der Waals surface area contributed by atoms with Crippen molar-refractivity contribution in [2.75, 3.05) is 14.1 Å². The van der Waals surface area contributed by atoms with Crippen molar-refractivity contribution in [2.24, 2.45) is 0 Å². The second-order valence-corrected chi connectivity index (χ2v) is 8.33. The molecule has 3 rings (SSSR count). The zero-order valence-electron chi connectivity index (χ0n) is 14.1. The lowest BCUT2D eigenvalue weighted by atomic mass is 10.2. The van der Waals surface area contributed by atoms with Gasteiger partial charge in [0.15, 0.2) is 5.76 Å². The molecule has 9 heteroatoms. The molecule has 2 heterocycles. The number of hydrogen-bond acceptors (Lipinski definition) is 5. The van der Waals surface area contributed by atoms with Gasteiger partial charge in [-0.3, -0.25) is 4.79 Å². The van der Waals surface area contributed by atoms with E-state index in [1.807, 2.05) is 0 Å². The van der Waals surface area contributed by atoms with Crippen molar-refractivity contribution in [3.63, 3.8) is 0 Å². The fourth-order valence-electron chi connectivity index (χ4n) is 2.27. The molecule has 136 valence electrons. The molecule has 0 unspecified atom stereocenters. The van der Waals surface area contributed by atoms with E-state index in [0.29, 0.717) is 10.8 Å². The van der Waals surface area contributed by atoms with E-state index in [4.69, 9.17) is 16.0 Å². The molecule has 7 nitrogen and oxygen atoms in total. The van der Waals surface area contributed by atoms with Gasteiger partial charge >= 0.3 is 0 Å². The van der Waals surface area contributed by atoms with E-state index in [1.54, 1.807) is 30.5 Å². The first kappa shape index (κ1) is 18.4. The van der Waals surface area contributed by atoms with Gasteiger partial charge in [0.05, 0.1) is 11.1 Å². The third-order valence-corrected chi connectivity index (χ3v) is 5.77. The number of pyridine rings is 1. The van der Waals surface area contributed by atoms with Crippen LogP contribution in [0.25, 0.3) is 11.3 Å². The molecule has 0 N–H and O–H groups in total. The Balaban J connectivity index is 1.90. The Morgan fingerprint density at radius 2 is 1.85 bits per heavy atom. The Hall–Kier alpha value is -2.42. The molecule has 0 aliphatic rings. The number of aromatic nitrogens is 2. The number of nitrogens with zero attached hydrogens (tertiary/aromatic N) is 3. The van der Waals surface area contributed by atoms with Crippen LogP contribution in [0.4, 0.5) is 0 Å². The number of oxazole rings is 1. The van der Waals surface area contributed by atoms with Gasteiger partial charge in [-0.2, -0.15) is 0 Å². The van der Waals surface area contributed by atoms with Crippen LogP contribution in [0.1, 0.15) is 5.89 Å². The molecule has 0 amide bonds. The predicted molar refractivity (Wildman–Crippen MR) is 97.6 cm³/mol. The third-order valence-electron chi connectivity index (χ3n) is 3.72. The van der Waals surface area contributed by atoms with Crippen LogP contribution in [0.5, 0.6) is 0 Å². The molecule has 0 spiro atoms. The highest BCUT2D eigenvalue weighted by Crippen LogP contribution is 2.22. The minimum Gasteiger partial charge on any atom is -0.439 e. The maximum Gasteiger partial charge on any atom is 0.251 e. The predicted octanol–water partition coefficient (Wildman–Crippen LogP) is 2.46. The number of rotatable bonds is 5. The second-order valence-electron chi connectivity index (χ2n) is 5.74. The maximum atomic E-state index is 12.2. The lowest BCUT2D eigenvalue weighted by molar-refractivity contribution is 0.481. The molecule has 0 aliphatic heterocycles. The van der Waals surface area contributed by atoms with Gasteiger partial charge < -0.3 is 8.98 Å². The number of benzene rings is 1. The summed E-state index contributed by atoms with van der Waals surface area (Å²) in [4.78, 5) is 16.2. The van der Waals surface area contributed by atoms with Gasteiger partial charge in [-0.25, -0.2) is 17.7 Å². The largest absolute Gasteiger partial charge is 0.439 e. The summed E-state index contributed by atoms with van der Waals surface area (Å²) in [6, 6.07) is 9.55. The van der Waals surface area contributed by atoms with Gasteiger partial charge in [-0.1, -0.05) is 11.6 Å². The van der Waals surface area contributed by atoms with Crippen molar-refractivity contribution in [1.29, 1.82) is 0 Å². The summed E-state index contributed by atoms with van der Waals surface area (Å²) < 4.78 is 32.4. The highest BCUT2D eigenvalue weighted by molar-refractivity contribution is 7.89. The lowest BCUT2D eigenvalue weighted by Crippen LogP contribution is -2.26. The van der Waals surface area contributed by atoms with Crippen LogP contribution >= 0.6 is 11.6 Å². The molecule has 0 aliphatic carbocycles. The average molecular weight is 394 g/mol. The quantitative estimate of drug-likeness (QED) is 0.664. The first-order valence-corrected chi connectivity index (χ1v) is 9.43. The highest BCUT2D eigenvalue weighted by Gasteiger charge is 2.18. The van der Waals surface area contributed by atoms with Gasteiger partial charge in [0.2, 0.25) is 15.9 Å². The van der Waals surface area contributed by atoms with Gasteiger partial charge in [0.25, 0.3) is 5.56 Å². The summed E-state index contributed by atoms with van der Waals surface area (Å²) in [5, 5.41) is 0.610. The van der Waals surface area contributed by atoms with E-state index in [2.05, 4.69) is 4.98 Å². The van der Waals surface area contributed by atoms with E-state index in [0.717, 1.165) is 9.87 Å². The van der Waals surface area contributed by atoms with Crippen molar-refractivity contribution in [3.8, 4) is 11.3 Å². The molecule has 0 saturated carbocycles. The van der Waals surface area contributed by atoms with E-state index in [9.17, 15) is 13.2 Å². The Kier molecular flexibility index (Phi) is 4.99. The summed E-state index contributed by atoms with van der Waals surface area (Å²) in [5.41, 5.74) is 0.443. The Morgan fingerprint density at radius 3 is 2.50 bits per heavy atom. The average Bonchev–Trinajstić information content (AvgIpc) is 3.05. The molecular formula is C17H16ClN3O4S. The van der Waals surface area contributed by atoms with E-state index >= 15 is 0 Å². The molecule has 26 heavy (non-hydrogen) atoms. The van der Waals surface area contributed by atoms with Gasteiger partial charge in [0.1, 0.15) is 6.54 Å². The standard InChI is InChI=1S/C17H16ClN3O4S/c1-20(2)26(23,24)14-7-8-17(22)21(10-14)11-16-19-9-15(25-16)12-3-5-13(18)6-4-12/h3-10H,11H2,1-2H3. The number of hydrogen-bond donors (Lipinski definition) is 0. The molecule has 0 fully saturated rings. The Bertz CT molecular complexity index is 1090. The summed E-state index contributed by atoms with van der Waals surface area (Å²) in [6.07, 6.45) is 2.83. The van der Waals surface area contributed by atoms with Crippen molar-refractivity contribution in [1.82, 2.24) is 13.9 Å². The zero-order valence-corrected chi connectivity index (χ0v) is 15.7. The molecule has 0 atom stereocenters. The van der Waals surface area contributed by atoms with E-state index in [1.165, 1.54) is 37.0 Å². The first-order valence-electron chi connectivity index (χ1n) is 7.61. The molecule has 0 saturated heterocycles. The fourth-order valence-corrected chi connectivity index (χ4v) is 3.32. The van der Waals surface area contributed by atoms with Crippen LogP contribution in [-0.4, -0.2) is 36.4 Å². The van der Waals surface area contributed by atoms with Gasteiger partial charge in [-0.05, 0) is 30.3 Å². The van der Waals surface area contributed by atoms with Gasteiger partial charge in [-0.15, -0.1) is 0 Å². The molecule has 0 radical (unpaired) electrons. The normalized spacial score (nSPS) is 11.8. The summed E-state index contributed by atoms with van der Waals surface area (Å²) in [6.45, 7) is 0.0171. The fraction of sp³-hybridized carbons (Fsp3) is 0.176. The molecule has 3 aromatic rings. The summed E-state index contributed by atoms with van der Waals surface area (Å²) in [5.74, 6) is 0.818. The monoisotopic (exact) mass is 393 g/mol. The SMILES string of the molecule is CN(C)S(=O)(=O)c1ccc(=O)n(Cc2ncc(-c3ccc(Cl)cc3)o2)c1. The van der Waals surface area contributed by atoms with Crippen LogP contribution in [-0.2, 0) is 16.6 Å². The van der Waals surface area contributed by atoms with Crippen molar-refractivity contribution >= 4 is 21.6 Å². The minimum absolute atomic E-state index is 0.0171. The highest BCUT2D eigenvalue weighted by atomic mass is 35.5. The van der Waals surface area contributed by atoms with E-state index < -0.39 is 10.0 Å². The van der Waals surface area contributed by atoms with Crippen LogP contribution in [0.15, 0.2) is 62.9 Å². The van der Waals surface area contributed by atoms with Crippen molar-refractivity contribution < 1.29 is 12.8 Å². The van der Waals surface area contributed by atoms with Crippen LogP contribution in [0, 0.1) is 0 Å². The van der Waals surface area contributed by atoms with E-state index in [-0.39, 0.29) is 22.9 Å². The lowest BCUT2D eigenvalue weighted by Gasteiger charge is -2.12. The Morgan fingerprint density at radius 1 is 1.15 bits per heavy atom. The zero-order chi connectivity index (χ0) is 18.9. The third kappa shape index (κ3) is 3.72. The van der Waals surface area contributed by atoms with Gasteiger partial charge in [0, 0.05) is 36.9 Å². The molecular weight excluding hydrogens is 378 g/mol. The maximum absolute atomic E-state index is 12.2. The van der Waals surface area contributed by atoms with Crippen LogP contribution in [0.3, 0.4) is 0 Å². The Labute approximate surface area is 155 Å². The smallest absolute Gasteiger partial charge is 0.251 e. The summed E-state index contributed by atoms with van der Waals surface area (Å²) >= 11 is 5.87. The topological polar surface area (TPSA) is 85.4 Å². The van der Waals surface area contributed by atoms with Crippen molar-refractivity contribution in [2.45, 2.75) is 11.4 Å².